The number of halogens is 3. The number of rotatable bonds is 6. The number of amides is 1. The first-order valence-electron chi connectivity index (χ1n) is 7.90. The molecular weight excluding hydrogens is 429 g/mol. The Morgan fingerprint density at radius 2 is 1.70 bits per heavy atom. The van der Waals surface area contributed by atoms with Crippen LogP contribution in [0.25, 0.3) is 0 Å². The van der Waals surface area contributed by atoms with Crippen molar-refractivity contribution in [2.75, 3.05) is 12.4 Å². The highest BCUT2D eigenvalue weighted by Crippen LogP contribution is 2.29. The van der Waals surface area contributed by atoms with Crippen LogP contribution in [0, 0.1) is 0 Å². The standard InChI is InChI=1S/C18H18Cl3N3O2S/c1-26-14-10-6-5-9-13(14)22-17(27)24-16(18(19,20)21)23-15(25)11-12-7-3-2-4-8-12/h2-10,16H,11H2,1H3,(H,23,25)(H2,22,24,27). The van der Waals surface area contributed by atoms with E-state index in [0.717, 1.165) is 5.56 Å². The summed E-state index contributed by atoms with van der Waals surface area (Å²) in [5, 5.41) is 8.57. The molecular formula is C18H18Cl3N3O2S. The number of nitrogens with one attached hydrogen (secondary N) is 3. The van der Waals surface area contributed by atoms with Crippen molar-refractivity contribution < 1.29 is 9.53 Å². The number of ether oxygens (including phenoxy) is 1. The molecule has 0 aliphatic heterocycles. The number of benzene rings is 2. The van der Waals surface area contributed by atoms with E-state index in [9.17, 15) is 4.79 Å². The first kappa shape index (κ1) is 21.6. The molecule has 0 saturated carbocycles. The van der Waals surface area contributed by atoms with Crippen LogP contribution >= 0.6 is 47.0 Å². The molecule has 2 rings (SSSR count). The molecule has 0 fully saturated rings. The highest BCUT2D eigenvalue weighted by molar-refractivity contribution is 7.80. The quantitative estimate of drug-likeness (QED) is 0.355. The van der Waals surface area contributed by atoms with E-state index in [1.165, 1.54) is 0 Å². The Bertz CT molecular complexity index is 785. The van der Waals surface area contributed by atoms with Gasteiger partial charge in [0.25, 0.3) is 0 Å². The van der Waals surface area contributed by atoms with Crippen LogP contribution in [0.1, 0.15) is 5.56 Å². The number of hydrogen-bond acceptors (Lipinski definition) is 3. The molecule has 3 N–H and O–H groups in total. The van der Waals surface area contributed by atoms with Gasteiger partial charge in [-0.15, -0.1) is 0 Å². The zero-order chi connectivity index (χ0) is 19.9. The lowest BCUT2D eigenvalue weighted by Crippen LogP contribution is -2.56. The summed E-state index contributed by atoms with van der Waals surface area (Å²) in [7, 11) is 1.55. The molecule has 0 aliphatic carbocycles. The van der Waals surface area contributed by atoms with Crippen molar-refractivity contribution in [3.05, 3.63) is 60.2 Å². The van der Waals surface area contributed by atoms with Gasteiger partial charge in [-0.2, -0.15) is 0 Å². The molecule has 1 unspecified atom stereocenters. The average Bonchev–Trinajstić information content (AvgIpc) is 2.61. The molecule has 0 aromatic heterocycles. The molecule has 5 nitrogen and oxygen atoms in total. The number of carbonyl (C=O) groups is 1. The summed E-state index contributed by atoms with van der Waals surface area (Å²) in [6.07, 6.45) is -0.889. The second-order valence-corrected chi connectivity index (χ2v) is 8.28. The topological polar surface area (TPSA) is 62.4 Å². The maximum absolute atomic E-state index is 12.3. The Labute approximate surface area is 178 Å². The summed E-state index contributed by atoms with van der Waals surface area (Å²) >= 11 is 23.2. The summed E-state index contributed by atoms with van der Waals surface area (Å²) in [4.78, 5) is 12.3. The van der Waals surface area contributed by atoms with E-state index >= 15 is 0 Å². The van der Waals surface area contributed by atoms with Crippen molar-refractivity contribution in [1.82, 2.24) is 10.6 Å². The predicted molar refractivity (Wildman–Crippen MR) is 115 cm³/mol. The molecule has 2 aromatic rings. The van der Waals surface area contributed by atoms with E-state index in [1.54, 1.807) is 19.2 Å². The third-order valence-electron chi connectivity index (χ3n) is 3.47. The zero-order valence-electron chi connectivity index (χ0n) is 14.3. The fourth-order valence-electron chi connectivity index (χ4n) is 2.23. The van der Waals surface area contributed by atoms with Crippen LogP contribution < -0.4 is 20.7 Å². The summed E-state index contributed by atoms with van der Waals surface area (Å²) in [6.45, 7) is 0. The first-order valence-corrected chi connectivity index (χ1v) is 9.44. The van der Waals surface area contributed by atoms with Gasteiger partial charge in [0.15, 0.2) is 5.11 Å². The minimum atomic E-state index is -1.82. The summed E-state index contributed by atoms with van der Waals surface area (Å²) in [5.74, 6) is 0.283. The third kappa shape index (κ3) is 7.07. The zero-order valence-corrected chi connectivity index (χ0v) is 17.4. The summed E-state index contributed by atoms with van der Waals surface area (Å²) in [5.41, 5.74) is 1.48. The summed E-state index contributed by atoms with van der Waals surface area (Å²) in [6, 6.07) is 16.4. The number of anilines is 1. The minimum Gasteiger partial charge on any atom is -0.495 e. The largest absolute Gasteiger partial charge is 0.495 e. The van der Waals surface area contributed by atoms with Gasteiger partial charge in [-0.05, 0) is 29.9 Å². The highest BCUT2D eigenvalue weighted by atomic mass is 35.6. The van der Waals surface area contributed by atoms with Crippen LogP contribution in [0.3, 0.4) is 0 Å². The van der Waals surface area contributed by atoms with Gasteiger partial charge in [-0.25, -0.2) is 0 Å². The molecule has 9 heteroatoms. The minimum absolute atomic E-state index is 0.145. The van der Waals surface area contributed by atoms with E-state index in [2.05, 4.69) is 16.0 Å². The number of alkyl halides is 3. The van der Waals surface area contributed by atoms with Crippen LogP contribution in [0.2, 0.25) is 0 Å². The monoisotopic (exact) mass is 445 g/mol. The van der Waals surface area contributed by atoms with Gasteiger partial charge in [-0.1, -0.05) is 77.3 Å². The first-order chi connectivity index (χ1) is 12.8. The van der Waals surface area contributed by atoms with Gasteiger partial charge in [-0.3, -0.25) is 4.79 Å². The molecule has 0 radical (unpaired) electrons. The molecule has 144 valence electrons. The van der Waals surface area contributed by atoms with E-state index in [4.69, 9.17) is 51.8 Å². The number of thiocarbonyl (C=S) groups is 1. The summed E-state index contributed by atoms with van der Waals surface area (Å²) < 4.78 is 3.43. The second kappa shape index (κ2) is 9.99. The Morgan fingerprint density at radius 1 is 1.07 bits per heavy atom. The van der Waals surface area contributed by atoms with E-state index in [0.29, 0.717) is 11.4 Å². The molecule has 2 aromatic carbocycles. The number of carbonyl (C=O) groups excluding carboxylic acids is 1. The van der Waals surface area contributed by atoms with Crippen LogP contribution in [0.15, 0.2) is 54.6 Å². The van der Waals surface area contributed by atoms with Crippen molar-refractivity contribution in [2.24, 2.45) is 0 Å². The van der Waals surface area contributed by atoms with Gasteiger partial charge >= 0.3 is 0 Å². The van der Waals surface area contributed by atoms with Gasteiger partial charge in [0.1, 0.15) is 11.9 Å². The lowest BCUT2D eigenvalue weighted by atomic mass is 10.1. The Kier molecular flexibility index (Phi) is 7.98. The fraction of sp³-hybridized carbons (Fsp3) is 0.222. The molecule has 1 atom stereocenters. The van der Waals surface area contributed by atoms with Crippen LogP contribution in [0.4, 0.5) is 5.69 Å². The Hall–Kier alpha value is -1.73. The van der Waals surface area contributed by atoms with Gasteiger partial charge in [0.05, 0.1) is 19.2 Å². The van der Waals surface area contributed by atoms with Crippen LogP contribution in [0.5, 0.6) is 5.75 Å². The normalized spacial score (nSPS) is 12.0. The van der Waals surface area contributed by atoms with Gasteiger partial charge in [0, 0.05) is 0 Å². The molecule has 1 amide bonds. The van der Waals surface area contributed by atoms with E-state index in [1.807, 2.05) is 42.5 Å². The van der Waals surface area contributed by atoms with Crippen molar-refractivity contribution in [2.45, 2.75) is 16.4 Å². The molecule has 0 spiro atoms. The lowest BCUT2D eigenvalue weighted by Gasteiger charge is -2.28. The van der Waals surface area contributed by atoms with Crippen molar-refractivity contribution in [3.63, 3.8) is 0 Å². The van der Waals surface area contributed by atoms with Gasteiger partial charge < -0.3 is 20.7 Å². The number of hydrogen-bond donors (Lipinski definition) is 3. The molecule has 27 heavy (non-hydrogen) atoms. The fourth-order valence-corrected chi connectivity index (χ4v) is 2.79. The number of methoxy groups -OCH3 is 1. The van der Waals surface area contributed by atoms with Crippen molar-refractivity contribution >= 4 is 63.7 Å². The lowest BCUT2D eigenvalue weighted by molar-refractivity contribution is -0.121. The second-order valence-electron chi connectivity index (χ2n) is 5.50. The maximum atomic E-state index is 12.3. The van der Waals surface area contributed by atoms with Crippen molar-refractivity contribution in [1.29, 1.82) is 0 Å². The van der Waals surface area contributed by atoms with E-state index in [-0.39, 0.29) is 17.4 Å². The molecule has 0 saturated heterocycles. The Morgan fingerprint density at radius 3 is 2.33 bits per heavy atom. The highest BCUT2D eigenvalue weighted by Gasteiger charge is 2.34. The van der Waals surface area contributed by atoms with Crippen molar-refractivity contribution in [3.8, 4) is 5.75 Å². The van der Waals surface area contributed by atoms with Gasteiger partial charge in [0.2, 0.25) is 9.70 Å². The molecule has 0 bridgehead atoms. The van der Waals surface area contributed by atoms with Crippen LogP contribution in [-0.2, 0) is 11.2 Å². The van der Waals surface area contributed by atoms with E-state index < -0.39 is 9.96 Å². The maximum Gasteiger partial charge on any atom is 0.228 e. The Balaban J connectivity index is 2.01. The SMILES string of the molecule is COc1ccccc1NC(=S)NC(NC(=O)Cc1ccccc1)C(Cl)(Cl)Cl. The number of para-hydroxylation sites is 2. The average molecular weight is 447 g/mol. The molecule has 0 aliphatic rings. The third-order valence-corrected chi connectivity index (χ3v) is 4.35. The smallest absolute Gasteiger partial charge is 0.228 e. The predicted octanol–water partition coefficient (Wildman–Crippen LogP) is 4.04. The molecule has 0 heterocycles. The van der Waals surface area contributed by atoms with Crippen LogP contribution in [-0.4, -0.2) is 28.1 Å².